The lowest BCUT2D eigenvalue weighted by atomic mass is 9.87. The van der Waals surface area contributed by atoms with Crippen LogP contribution < -0.4 is 4.90 Å². The van der Waals surface area contributed by atoms with E-state index in [1.165, 1.54) is 11.3 Å². The number of aryl methyl sites for hydroxylation is 1. The summed E-state index contributed by atoms with van der Waals surface area (Å²) >= 11 is 0. The first-order valence-corrected chi connectivity index (χ1v) is 7.85. The quantitative estimate of drug-likeness (QED) is 0.848. The molecule has 0 saturated heterocycles. The number of aromatic nitrogens is 2. The molecule has 3 rings (SSSR count). The van der Waals surface area contributed by atoms with Gasteiger partial charge in [0.05, 0.1) is 17.8 Å². The molecule has 2 heterocycles. The second-order valence-corrected chi connectivity index (χ2v) is 6.45. The first kappa shape index (κ1) is 14.6. The Morgan fingerprint density at radius 2 is 2.14 bits per heavy atom. The van der Waals surface area contributed by atoms with E-state index in [0.717, 1.165) is 29.7 Å². The van der Waals surface area contributed by atoms with Gasteiger partial charge in [0.15, 0.2) is 0 Å². The highest BCUT2D eigenvalue weighted by Gasteiger charge is 2.26. The van der Waals surface area contributed by atoms with Gasteiger partial charge in [-0.05, 0) is 43.9 Å². The van der Waals surface area contributed by atoms with Crippen LogP contribution in [0, 0.1) is 11.3 Å². The molecule has 0 fully saturated rings. The Labute approximate surface area is 132 Å². The monoisotopic (exact) mass is 294 g/mol. The molecule has 0 N–H and O–H groups in total. The SMILES string of the molecule is CC1CCN(C(C)C)c2cc(C#N)c(-c3cnn(C)c3)cc21. The fraction of sp³-hybridized carbons (Fsp3) is 0.444. The highest BCUT2D eigenvalue weighted by molar-refractivity contribution is 5.76. The lowest BCUT2D eigenvalue weighted by molar-refractivity contribution is 0.573. The van der Waals surface area contributed by atoms with Crippen molar-refractivity contribution in [3.05, 3.63) is 35.7 Å². The first-order chi connectivity index (χ1) is 10.5. The standard InChI is InChI=1S/C18H22N4/c1-12(2)22-6-5-13(3)16-8-17(14(9-19)7-18(16)22)15-10-20-21(4)11-15/h7-8,10-13H,5-6H2,1-4H3. The number of rotatable bonds is 2. The molecule has 0 spiro atoms. The molecule has 1 aliphatic heterocycles. The van der Waals surface area contributed by atoms with Gasteiger partial charge in [-0.25, -0.2) is 0 Å². The Hall–Kier alpha value is -2.28. The highest BCUT2D eigenvalue weighted by atomic mass is 15.2. The number of fused-ring (bicyclic) bond motifs is 1. The van der Waals surface area contributed by atoms with E-state index in [2.05, 4.69) is 49.0 Å². The summed E-state index contributed by atoms with van der Waals surface area (Å²) in [5.41, 5.74) is 5.30. The maximum atomic E-state index is 9.58. The molecular formula is C18H22N4. The van der Waals surface area contributed by atoms with Crippen LogP contribution in [-0.4, -0.2) is 22.4 Å². The molecule has 4 nitrogen and oxygen atoms in total. The lowest BCUT2D eigenvalue weighted by Crippen LogP contribution is -2.36. The number of hydrogen-bond acceptors (Lipinski definition) is 3. The van der Waals surface area contributed by atoms with Gasteiger partial charge in [0.25, 0.3) is 0 Å². The van der Waals surface area contributed by atoms with Gasteiger partial charge in [0, 0.05) is 42.6 Å². The highest BCUT2D eigenvalue weighted by Crippen LogP contribution is 2.40. The number of anilines is 1. The summed E-state index contributed by atoms with van der Waals surface area (Å²) in [6, 6.07) is 7.07. The normalized spacial score (nSPS) is 17.5. The van der Waals surface area contributed by atoms with E-state index >= 15 is 0 Å². The Bertz CT molecular complexity index is 736. The molecule has 0 saturated carbocycles. The third-order valence-corrected chi connectivity index (χ3v) is 4.57. The van der Waals surface area contributed by atoms with Crippen LogP contribution in [0.15, 0.2) is 24.5 Å². The fourth-order valence-electron chi connectivity index (χ4n) is 3.29. The van der Waals surface area contributed by atoms with Crippen LogP contribution in [0.2, 0.25) is 0 Å². The van der Waals surface area contributed by atoms with E-state index in [-0.39, 0.29) is 0 Å². The summed E-state index contributed by atoms with van der Waals surface area (Å²) in [5.74, 6) is 0.521. The second-order valence-electron chi connectivity index (χ2n) is 6.45. The van der Waals surface area contributed by atoms with Crippen molar-refractivity contribution in [2.45, 2.75) is 39.2 Å². The van der Waals surface area contributed by atoms with Crippen molar-refractivity contribution in [2.24, 2.45) is 7.05 Å². The third kappa shape index (κ3) is 2.37. The maximum Gasteiger partial charge on any atom is 0.0998 e. The van der Waals surface area contributed by atoms with Crippen LogP contribution in [0.3, 0.4) is 0 Å². The minimum absolute atomic E-state index is 0.446. The van der Waals surface area contributed by atoms with Gasteiger partial charge in [-0.1, -0.05) is 6.92 Å². The molecule has 0 aliphatic carbocycles. The van der Waals surface area contributed by atoms with E-state index in [9.17, 15) is 5.26 Å². The van der Waals surface area contributed by atoms with E-state index in [4.69, 9.17) is 0 Å². The van der Waals surface area contributed by atoms with Crippen LogP contribution in [-0.2, 0) is 7.05 Å². The van der Waals surface area contributed by atoms with Crippen LogP contribution in [0.25, 0.3) is 11.1 Å². The minimum atomic E-state index is 0.446. The van der Waals surface area contributed by atoms with Crippen molar-refractivity contribution in [3.8, 4) is 17.2 Å². The fourth-order valence-corrected chi connectivity index (χ4v) is 3.29. The predicted octanol–water partition coefficient (Wildman–Crippen LogP) is 3.68. The second kappa shape index (κ2) is 5.49. The van der Waals surface area contributed by atoms with Gasteiger partial charge in [-0.2, -0.15) is 10.4 Å². The van der Waals surface area contributed by atoms with Crippen molar-refractivity contribution in [3.63, 3.8) is 0 Å². The summed E-state index contributed by atoms with van der Waals surface area (Å²) in [5, 5.41) is 13.8. The van der Waals surface area contributed by atoms with E-state index in [0.29, 0.717) is 12.0 Å². The molecule has 1 aliphatic rings. The van der Waals surface area contributed by atoms with Crippen molar-refractivity contribution in [2.75, 3.05) is 11.4 Å². The largest absolute Gasteiger partial charge is 0.369 e. The summed E-state index contributed by atoms with van der Waals surface area (Å²) in [6.45, 7) is 7.75. The smallest absolute Gasteiger partial charge is 0.0998 e. The van der Waals surface area contributed by atoms with Gasteiger partial charge < -0.3 is 4.90 Å². The Morgan fingerprint density at radius 1 is 1.36 bits per heavy atom. The molecule has 1 aromatic heterocycles. The van der Waals surface area contributed by atoms with Gasteiger partial charge >= 0.3 is 0 Å². The van der Waals surface area contributed by atoms with E-state index in [1.807, 2.05) is 19.4 Å². The summed E-state index contributed by atoms with van der Waals surface area (Å²) < 4.78 is 1.78. The van der Waals surface area contributed by atoms with Crippen LogP contribution in [0.4, 0.5) is 5.69 Å². The topological polar surface area (TPSA) is 44.9 Å². The number of benzene rings is 1. The van der Waals surface area contributed by atoms with Gasteiger partial charge in [-0.15, -0.1) is 0 Å². The molecular weight excluding hydrogens is 272 g/mol. The van der Waals surface area contributed by atoms with Crippen molar-refractivity contribution in [1.29, 1.82) is 5.26 Å². The molecule has 22 heavy (non-hydrogen) atoms. The molecule has 114 valence electrons. The van der Waals surface area contributed by atoms with Crippen LogP contribution in [0.1, 0.15) is 44.2 Å². The predicted molar refractivity (Wildman–Crippen MR) is 88.9 cm³/mol. The van der Waals surface area contributed by atoms with Gasteiger partial charge in [0.2, 0.25) is 0 Å². The molecule has 0 bridgehead atoms. The Balaban J connectivity index is 2.19. The molecule has 0 amide bonds. The average molecular weight is 294 g/mol. The summed E-state index contributed by atoms with van der Waals surface area (Å²) in [7, 11) is 1.90. The Kier molecular flexibility index (Phi) is 3.66. The molecule has 0 radical (unpaired) electrons. The molecule has 1 atom stereocenters. The summed E-state index contributed by atoms with van der Waals surface area (Å²) in [6.07, 6.45) is 4.95. The lowest BCUT2D eigenvalue weighted by Gasteiger charge is -2.38. The zero-order valence-corrected chi connectivity index (χ0v) is 13.7. The van der Waals surface area contributed by atoms with Crippen molar-refractivity contribution in [1.82, 2.24) is 9.78 Å². The van der Waals surface area contributed by atoms with E-state index < -0.39 is 0 Å². The van der Waals surface area contributed by atoms with Gasteiger partial charge in [-0.3, -0.25) is 4.68 Å². The zero-order valence-electron chi connectivity index (χ0n) is 13.7. The first-order valence-electron chi connectivity index (χ1n) is 7.85. The minimum Gasteiger partial charge on any atom is -0.369 e. The van der Waals surface area contributed by atoms with E-state index in [1.54, 1.807) is 4.68 Å². The number of nitrogens with zero attached hydrogens (tertiary/aromatic N) is 4. The van der Waals surface area contributed by atoms with Crippen LogP contribution >= 0.6 is 0 Å². The zero-order chi connectivity index (χ0) is 15.9. The van der Waals surface area contributed by atoms with Crippen molar-refractivity contribution < 1.29 is 0 Å². The maximum absolute atomic E-state index is 9.58. The number of nitriles is 1. The number of hydrogen-bond donors (Lipinski definition) is 0. The molecule has 2 aromatic rings. The van der Waals surface area contributed by atoms with Crippen molar-refractivity contribution >= 4 is 5.69 Å². The Morgan fingerprint density at radius 3 is 2.73 bits per heavy atom. The van der Waals surface area contributed by atoms with Gasteiger partial charge in [0.1, 0.15) is 0 Å². The molecule has 1 aromatic carbocycles. The summed E-state index contributed by atoms with van der Waals surface area (Å²) in [4.78, 5) is 2.41. The van der Waals surface area contributed by atoms with Crippen LogP contribution in [0.5, 0.6) is 0 Å². The molecule has 4 heteroatoms. The molecule has 1 unspecified atom stereocenters. The average Bonchev–Trinajstić information content (AvgIpc) is 2.92. The third-order valence-electron chi connectivity index (χ3n) is 4.57.